The highest BCUT2D eigenvalue weighted by Gasteiger charge is 2.23. The van der Waals surface area contributed by atoms with Gasteiger partial charge in [0.25, 0.3) is 0 Å². The van der Waals surface area contributed by atoms with E-state index in [0.29, 0.717) is 24.2 Å². The maximum atomic E-state index is 13.6. The molecule has 1 atom stereocenters. The average molecular weight is 337 g/mol. The summed E-state index contributed by atoms with van der Waals surface area (Å²) < 4.78 is 18.5. The fourth-order valence-corrected chi connectivity index (χ4v) is 3.13. The van der Waals surface area contributed by atoms with Gasteiger partial charge in [-0.25, -0.2) is 9.18 Å². The number of carbonyl (C=O) groups excluding carboxylic acids is 1. The lowest BCUT2D eigenvalue weighted by molar-refractivity contribution is 0.131. The molecular weight excluding hydrogens is 309 g/mol. The highest BCUT2D eigenvalue weighted by atomic mass is 19.1. The van der Waals surface area contributed by atoms with Gasteiger partial charge in [0.05, 0.1) is 7.11 Å². The lowest BCUT2D eigenvalue weighted by atomic mass is 10.0. The fraction of sp³-hybridized carbons (Fsp3) is 0.611. The quantitative estimate of drug-likeness (QED) is 0.836. The number of amides is 2. The third-order valence-electron chi connectivity index (χ3n) is 4.26. The molecular formula is C18H28FN3O2. The van der Waals surface area contributed by atoms with E-state index >= 15 is 0 Å². The minimum absolute atomic E-state index is 0.160. The van der Waals surface area contributed by atoms with Crippen LogP contribution in [0.4, 0.5) is 14.9 Å². The summed E-state index contributed by atoms with van der Waals surface area (Å²) in [5.74, 6) is 0.278. The van der Waals surface area contributed by atoms with Gasteiger partial charge in [-0.2, -0.15) is 0 Å². The minimum atomic E-state index is -0.495. The van der Waals surface area contributed by atoms with Crippen molar-refractivity contribution in [3.63, 3.8) is 0 Å². The Balaban J connectivity index is 1.84. The number of anilines is 1. The number of halogens is 1. The number of carbonyl (C=O) groups is 1. The molecule has 1 aliphatic rings. The monoisotopic (exact) mass is 337 g/mol. The van der Waals surface area contributed by atoms with E-state index in [1.165, 1.54) is 32.1 Å². The molecule has 0 saturated carbocycles. The Morgan fingerprint density at radius 1 is 1.42 bits per heavy atom. The lowest BCUT2D eigenvalue weighted by Crippen LogP contribution is -2.48. The number of rotatable bonds is 6. The summed E-state index contributed by atoms with van der Waals surface area (Å²) in [5, 5.41) is 5.57. The summed E-state index contributed by atoms with van der Waals surface area (Å²) in [6, 6.07) is 4.43. The predicted octanol–water partition coefficient (Wildman–Crippen LogP) is 3.47. The number of hydrogen-bond acceptors (Lipinski definition) is 3. The Bertz CT molecular complexity index is 551. The van der Waals surface area contributed by atoms with Gasteiger partial charge < -0.3 is 15.4 Å². The molecule has 1 aromatic rings. The van der Waals surface area contributed by atoms with Crippen LogP contribution in [0.5, 0.6) is 5.75 Å². The molecule has 6 heteroatoms. The maximum absolute atomic E-state index is 13.6. The number of methoxy groups -OCH3 is 1. The molecule has 2 amide bonds. The Hall–Kier alpha value is -1.82. The van der Waals surface area contributed by atoms with E-state index in [0.717, 1.165) is 19.5 Å². The van der Waals surface area contributed by atoms with Crippen LogP contribution in [-0.2, 0) is 0 Å². The normalized spacial score (nSPS) is 18.5. The largest absolute Gasteiger partial charge is 0.494 e. The van der Waals surface area contributed by atoms with Crippen LogP contribution in [0, 0.1) is 11.7 Å². The third kappa shape index (κ3) is 5.37. The van der Waals surface area contributed by atoms with Crippen LogP contribution in [0.25, 0.3) is 0 Å². The number of hydrogen-bond donors (Lipinski definition) is 2. The Kier molecular flexibility index (Phi) is 6.85. The zero-order chi connectivity index (χ0) is 17.5. The molecule has 0 unspecified atom stereocenters. The van der Waals surface area contributed by atoms with Crippen LogP contribution >= 0.6 is 0 Å². The summed E-state index contributed by atoms with van der Waals surface area (Å²) in [5.41, 5.74) is 0.411. The van der Waals surface area contributed by atoms with E-state index < -0.39 is 5.82 Å². The smallest absolute Gasteiger partial charge is 0.319 e. The molecule has 5 nitrogen and oxygen atoms in total. The SMILES string of the molecule is COc1ccc(NC(=O)NC[C@H]2CCCCN2CC(C)C)cc1F. The van der Waals surface area contributed by atoms with Crippen LogP contribution in [0.15, 0.2) is 18.2 Å². The number of nitrogens with zero attached hydrogens (tertiary/aromatic N) is 1. The topological polar surface area (TPSA) is 53.6 Å². The molecule has 0 aromatic heterocycles. The zero-order valence-corrected chi connectivity index (χ0v) is 14.8. The van der Waals surface area contributed by atoms with Gasteiger partial charge in [-0.05, 0) is 37.4 Å². The standard InChI is InChI=1S/C18H28FN3O2/c1-13(2)12-22-9-5-4-6-15(22)11-20-18(23)21-14-7-8-17(24-3)16(19)10-14/h7-8,10,13,15H,4-6,9,11-12H2,1-3H3,(H2,20,21,23)/t15-/m1/s1. The molecule has 2 N–H and O–H groups in total. The second-order valence-electron chi connectivity index (χ2n) is 6.72. The van der Waals surface area contributed by atoms with Crippen LogP contribution in [0.1, 0.15) is 33.1 Å². The van der Waals surface area contributed by atoms with Crippen molar-refractivity contribution in [2.45, 2.75) is 39.2 Å². The highest BCUT2D eigenvalue weighted by molar-refractivity contribution is 5.89. The zero-order valence-electron chi connectivity index (χ0n) is 14.8. The molecule has 1 aliphatic heterocycles. The Morgan fingerprint density at radius 3 is 2.88 bits per heavy atom. The van der Waals surface area contributed by atoms with Gasteiger partial charge in [0.1, 0.15) is 0 Å². The number of likely N-dealkylation sites (tertiary alicyclic amines) is 1. The van der Waals surface area contributed by atoms with Crippen molar-refractivity contribution in [2.75, 3.05) is 32.1 Å². The summed E-state index contributed by atoms with van der Waals surface area (Å²) >= 11 is 0. The van der Waals surface area contributed by atoms with Gasteiger partial charge >= 0.3 is 6.03 Å². The van der Waals surface area contributed by atoms with Crippen molar-refractivity contribution in [3.05, 3.63) is 24.0 Å². The first-order valence-electron chi connectivity index (χ1n) is 8.62. The minimum Gasteiger partial charge on any atom is -0.494 e. The summed E-state index contributed by atoms with van der Waals surface area (Å²) in [7, 11) is 1.41. The van der Waals surface area contributed by atoms with Crippen LogP contribution in [0.2, 0.25) is 0 Å². The molecule has 0 spiro atoms. The summed E-state index contributed by atoms with van der Waals surface area (Å²) in [4.78, 5) is 14.5. The molecule has 2 rings (SSSR count). The number of urea groups is 1. The molecule has 1 heterocycles. The molecule has 24 heavy (non-hydrogen) atoms. The van der Waals surface area contributed by atoms with E-state index in [2.05, 4.69) is 29.4 Å². The van der Waals surface area contributed by atoms with Crippen molar-refractivity contribution in [1.82, 2.24) is 10.2 Å². The molecule has 0 bridgehead atoms. The van der Waals surface area contributed by atoms with Crippen molar-refractivity contribution in [1.29, 1.82) is 0 Å². The predicted molar refractivity (Wildman–Crippen MR) is 94.0 cm³/mol. The van der Waals surface area contributed by atoms with Gasteiger partial charge in [-0.1, -0.05) is 20.3 Å². The van der Waals surface area contributed by atoms with Gasteiger partial charge in [-0.3, -0.25) is 4.90 Å². The maximum Gasteiger partial charge on any atom is 0.319 e. The highest BCUT2D eigenvalue weighted by Crippen LogP contribution is 2.21. The number of nitrogens with one attached hydrogen (secondary N) is 2. The van der Waals surface area contributed by atoms with Crippen molar-refractivity contribution < 1.29 is 13.9 Å². The van der Waals surface area contributed by atoms with Gasteiger partial charge in [0.15, 0.2) is 11.6 Å². The van der Waals surface area contributed by atoms with Crippen LogP contribution in [0.3, 0.4) is 0 Å². The molecule has 1 fully saturated rings. The Labute approximate surface area is 143 Å². The van der Waals surface area contributed by atoms with Crippen LogP contribution < -0.4 is 15.4 Å². The second kappa shape index (κ2) is 8.87. The molecule has 0 radical (unpaired) electrons. The fourth-order valence-electron chi connectivity index (χ4n) is 3.13. The third-order valence-corrected chi connectivity index (χ3v) is 4.26. The summed E-state index contributed by atoms with van der Waals surface area (Å²) in [6.07, 6.45) is 3.52. The molecule has 1 saturated heterocycles. The second-order valence-corrected chi connectivity index (χ2v) is 6.72. The molecule has 1 aromatic carbocycles. The lowest BCUT2D eigenvalue weighted by Gasteiger charge is -2.36. The van der Waals surface area contributed by atoms with E-state index in [4.69, 9.17) is 4.74 Å². The average Bonchev–Trinajstić information content (AvgIpc) is 2.54. The first-order valence-corrected chi connectivity index (χ1v) is 8.62. The van der Waals surface area contributed by atoms with Crippen molar-refractivity contribution in [3.8, 4) is 5.75 Å². The number of benzene rings is 1. The molecule has 134 valence electrons. The van der Waals surface area contributed by atoms with E-state index in [1.807, 2.05) is 0 Å². The number of piperidine rings is 1. The molecule has 0 aliphatic carbocycles. The van der Waals surface area contributed by atoms with Gasteiger partial charge in [0, 0.05) is 30.9 Å². The van der Waals surface area contributed by atoms with E-state index in [1.54, 1.807) is 6.07 Å². The van der Waals surface area contributed by atoms with Gasteiger partial charge in [-0.15, -0.1) is 0 Å². The van der Waals surface area contributed by atoms with E-state index in [-0.39, 0.29) is 11.8 Å². The Morgan fingerprint density at radius 2 is 2.21 bits per heavy atom. The van der Waals surface area contributed by atoms with Crippen molar-refractivity contribution in [2.24, 2.45) is 5.92 Å². The van der Waals surface area contributed by atoms with Crippen molar-refractivity contribution >= 4 is 11.7 Å². The first-order chi connectivity index (χ1) is 11.5. The first kappa shape index (κ1) is 18.5. The van der Waals surface area contributed by atoms with E-state index in [9.17, 15) is 9.18 Å². The van der Waals surface area contributed by atoms with Gasteiger partial charge in [0.2, 0.25) is 0 Å². The summed E-state index contributed by atoms with van der Waals surface area (Å²) in [6.45, 7) is 7.18. The number of ether oxygens (including phenoxy) is 1. The van der Waals surface area contributed by atoms with Crippen LogP contribution in [-0.4, -0.2) is 43.7 Å².